The zero-order chi connectivity index (χ0) is 20.3. The summed E-state index contributed by atoms with van der Waals surface area (Å²) in [6.07, 6.45) is 8.16. The van der Waals surface area contributed by atoms with Gasteiger partial charge in [0.05, 0.1) is 17.0 Å². The molecule has 2 aromatic rings. The number of nitrogens with zero attached hydrogens (tertiary/aromatic N) is 5. The Labute approximate surface area is 164 Å². The normalized spacial score (nSPS) is 16.4. The molecule has 0 radical (unpaired) electrons. The maximum absolute atomic E-state index is 12.3. The Bertz CT molecular complexity index is 956. The highest BCUT2D eigenvalue weighted by Gasteiger charge is 2.30. The molecule has 0 bridgehead atoms. The van der Waals surface area contributed by atoms with Crippen molar-refractivity contribution in [1.82, 2.24) is 23.6 Å². The van der Waals surface area contributed by atoms with Gasteiger partial charge in [-0.1, -0.05) is 0 Å². The number of carboxylic acid groups (broad SMARTS) is 1. The van der Waals surface area contributed by atoms with Crippen molar-refractivity contribution in [2.75, 3.05) is 27.2 Å². The standard InChI is InChI=1S/C18H23N5O4S/c1-22(2)28(26,27)23-7-3-13(4-8-23)9-16-17(21-6-5-20-16)14-10-15(18(24)25)12-19-11-14/h5-6,10-13H,3-4,7-9H2,1-2H3,(H,24,25). The monoisotopic (exact) mass is 405 g/mol. The molecule has 1 saturated heterocycles. The first-order valence-corrected chi connectivity index (χ1v) is 10.3. The van der Waals surface area contributed by atoms with Crippen LogP contribution in [-0.2, 0) is 16.6 Å². The highest BCUT2D eigenvalue weighted by molar-refractivity contribution is 7.86. The predicted octanol–water partition coefficient (Wildman–Crippen LogP) is 1.30. The van der Waals surface area contributed by atoms with Gasteiger partial charge in [0.25, 0.3) is 10.2 Å². The average molecular weight is 405 g/mol. The van der Waals surface area contributed by atoms with Crippen LogP contribution in [0.5, 0.6) is 0 Å². The molecule has 9 nitrogen and oxygen atoms in total. The number of carboxylic acids is 1. The maximum Gasteiger partial charge on any atom is 0.337 e. The van der Waals surface area contributed by atoms with Crippen LogP contribution < -0.4 is 0 Å². The van der Waals surface area contributed by atoms with E-state index >= 15 is 0 Å². The Hall–Kier alpha value is -2.43. The van der Waals surface area contributed by atoms with Crippen molar-refractivity contribution < 1.29 is 18.3 Å². The van der Waals surface area contributed by atoms with E-state index in [9.17, 15) is 18.3 Å². The average Bonchev–Trinajstić information content (AvgIpc) is 2.69. The van der Waals surface area contributed by atoms with Gasteiger partial charge in [0, 0.05) is 57.5 Å². The van der Waals surface area contributed by atoms with Crippen LogP contribution in [-0.4, -0.2) is 70.2 Å². The summed E-state index contributed by atoms with van der Waals surface area (Å²) >= 11 is 0. The third kappa shape index (κ3) is 4.34. The summed E-state index contributed by atoms with van der Waals surface area (Å²) in [5.41, 5.74) is 2.08. The molecule has 3 heterocycles. The zero-order valence-electron chi connectivity index (χ0n) is 15.8. The van der Waals surface area contributed by atoms with Gasteiger partial charge in [0.15, 0.2) is 0 Å². The Morgan fingerprint density at radius 1 is 1.21 bits per heavy atom. The Morgan fingerprint density at radius 2 is 1.89 bits per heavy atom. The Balaban J connectivity index is 1.75. The van der Waals surface area contributed by atoms with Crippen molar-refractivity contribution in [3.63, 3.8) is 0 Å². The van der Waals surface area contributed by atoms with Crippen molar-refractivity contribution in [3.8, 4) is 11.3 Å². The molecular formula is C18H23N5O4S. The van der Waals surface area contributed by atoms with E-state index in [2.05, 4.69) is 15.0 Å². The van der Waals surface area contributed by atoms with Crippen molar-refractivity contribution >= 4 is 16.2 Å². The van der Waals surface area contributed by atoms with Crippen LogP contribution in [0.2, 0.25) is 0 Å². The van der Waals surface area contributed by atoms with Crippen LogP contribution in [0.1, 0.15) is 28.9 Å². The number of piperidine rings is 1. The van der Waals surface area contributed by atoms with Crippen molar-refractivity contribution in [1.29, 1.82) is 0 Å². The number of hydrogen-bond donors (Lipinski definition) is 1. The van der Waals surface area contributed by atoms with E-state index in [-0.39, 0.29) is 11.5 Å². The van der Waals surface area contributed by atoms with E-state index < -0.39 is 16.2 Å². The molecule has 150 valence electrons. The quantitative estimate of drug-likeness (QED) is 0.770. The fourth-order valence-electron chi connectivity index (χ4n) is 3.29. The molecular weight excluding hydrogens is 382 g/mol. The summed E-state index contributed by atoms with van der Waals surface area (Å²) in [6.45, 7) is 0.938. The largest absolute Gasteiger partial charge is 0.478 e. The highest BCUT2D eigenvalue weighted by Crippen LogP contribution is 2.27. The minimum atomic E-state index is -3.39. The number of hydrogen-bond acceptors (Lipinski definition) is 6. The number of rotatable bonds is 6. The van der Waals surface area contributed by atoms with E-state index in [1.165, 1.54) is 35.0 Å². The van der Waals surface area contributed by atoms with Gasteiger partial charge in [-0.05, 0) is 31.2 Å². The van der Waals surface area contributed by atoms with Gasteiger partial charge in [0.2, 0.25) is 0 Å². The molecule has 3 rings (SSSR count). The van der Waals surface area contributed by atoms with E-state index in [4.69, 9.17) is 0 Å². The lowest BCUT2D eigenvalue weighted by Crippen LogP contribution is -2.44. The van der Waals surface area contributed by atoms with E-state index in [1.807, 2.05) is 0 Å². The van der Waals surface area contributed by atoms with Crippen molar-refractivity contribution in [2.45, 2.75) is 19.3 Å². The van der Waals surface area contributed by atoms with Crippen LogP contribution in [0.25, 0.3) is 11.3 Å². The second kappa shape index (κ2) is 8.29. The predicted molar refractivity (Wildman–Crippen MR) is 103 cm³/mol. The molecule has 0 amide bonds. The molecule has 0 atom stereocenters. The molecule has 1 aliphatic rings. The fourth-order valence-corrected chi connectivity index (χ4v) is 4.43. The molecule has 0 aliphatic carbocycles. The minimum absolute atomic E-state index is 0.0938. The summed E-state index contributed by atoms with van der Waals surface area (Å²) in [5.74, 6) is -0.769. The lowest BCUT2D eigenvalue weighted by Gasteiger charge is -2.32. The third-order valence-electron chi connectivity index (χ3n) is 4.88. The van der Waals surface area contributed by atoms with Crippen LogP contribution in [0, 0.1) is 5.92 Å². The first-order valence-electron chi connectivity index (χ1n) is 8.95. The van der Waals surface area contributed by atoms with E-state index in [0.717, 1.165) is 18.5 Å². The molecule has 0 saturated carbocycles. The van der Waals surface area contributed by atoms with Crippen LogP contribution in [0.3, 0.4) is 0 Å². The fraction of sp³-hybridized carbons (Fsp3) is 0.444. The molecule has 1 aliphatic heterocycles. The zero-order valence-corrected chi connectivity index (χ0v) is 16.6. The van der Waals surface area contributed by atoms with Gasteiger partial charge in [0.1, 0.15) is 0 Å². The number of aromatic carboxylic acids is 1. The van der Waals surface area contributed by atoms with Gasteiger partial charge in [-0.3, -0.25) is 15.0 Å². The Morgan fingerprint density at radius 3 is 2.54 bits per heavy atom. The van der Waals surface area contributed by atoms with Gasteiger partial charge >= 0.3 is 5.97 Å². The minimum Gasteiger partial charge on any atom is -0.478 e. The van der Waals surface area contributed by atoms with Gasteiger partial charge in [-0.25, -0.2) is 4.79 Å². The highest BCUT2D eigenvalue weighted by atomic mass is 32.2. The molecule has 0 aromatic carbocycles. The number of carbonyl (C=O) groups is 1. The summed E-state index contributed by atoms with van der Waals surface area (Å²) in [5, 5.41) is 9.18. The third-order valence-corrected chi connectivity index (χ3v) is 6.82. The second-order valence-electron chi connectivity index (χ2n) is 6.96. The molecule has 1 N–H and O–H groups in total. The van der Waals surface area contributed by atoms with Crippen LogP contribution in [0.4, 0.5) is 0 Å². The number of aromatic nitrogens is 3. The molecule has 10 heteroatoms. The van der Waals surface area contributed by atoms with Gasteiger partial charge in [-0.15, -0.1) is 0 Å². The van der Waals surface area contributed by atoms with Gasteiger partial charge < -0.3 is 5.11 Å². The molecule has 0 unspecified atom stereocenters. The van der Waals surface area contributed by atoms with E-state index in [0.29, 0.717) is 30.8 Å². The number of pyridine rings is 1. The topological polar surface area (TPSA) is 117 Å². The first kappa shape index (κ1) is 20.3. The molecule has 1 fully saturated rings. The molecule has 2 aromatic heterocycles. The second-order valence-corrected chi connectivity index (χ2v) is 9.10. The van der Waals surface area contributed by atoms with E-state index in [1.54, 1.807) is 18.6 Å². The first-order chi connectivity index (χ1) is 13.3. The maximum atomic E-state index is 12.3. The van der Waals surface area contributed by atoms with Crippen molar-refractivity contribution in [2.24, 2.45) is 5.92 Å². The SMILES string of the molecule is CN(C)S(=O)(=O)N1CCC(Cc2nccnc2-c2cncc(C(=O)O)c2)CC1. The Kier molecular flexibility index (Phi) is 6.01. The lowest BCUT2D eigenvalue weighted by atomic mass is 9.91. The summed E-state index contributed by atoms with van der Waals surface area (Å²) in [6, 6.07) is 1.54. The summed E-state index contributed by atoms with van der Waals surface area (Å²) in [4.78, 5) is 24.0. The molecule has 0 spiro atoms. The van der Waals surface area contributed by atoms with Gasteiger partial charge in [-0.2, -0.15) is 17.0 Å². The smallest absolute Gasteiger partial charge is 0.337 e. The van der Waals surface area contributed by atoms with Crippen molar-refractivity contribution in [3.05, 3.63) is 42.1 Å². The lowest BCUT2D eigenvalue weighted by molar-refractivity contribution is 0.0696. The molecule has 28 heavy (non-hydrogen) atoms. The summed E-state index contributed by atoms with van der Waals surface area (Å²) < 4.78 is 27.2. The van der Waals surface area contributed by atoms with Crippen LogP contribution >= 0.6 is 0 Å². The van der Waals surface area contributed by atoms with Crippen LogP contribution in [0.15, 0.2) is 30.9 Å². The summed E-state index contributed by atoms with van der Waals surface area (Å²) in [7, 11) is -0.317.